The Morgan fingerprint density at radius 1 is 1.30 bits per heavy atom. The lowest BCUT2D eigenvalue weighted by Gasteiger charge is -2.22. The van der Waals surface area contributed by atoms with Gasteiger partial charge in [0.05, 0.1) is 13.2 Å². The van der Waals surface area contributed by atoms with Gasteiger partial charge in [0.15, 0.2) is 17.6 Å². The lowest BCUT2D eigenvalue weighted by atomic mass is 10.3. The molecule has 0 aromatic carbocycles. The monoisotopic (exact) mass is 329 g/mol. The molecule has 0 aliphatic carbocycles. The molecule has 130 valence electrons. The van der Waals surface area contributed by atoms with E-state index in [0.29, 0.717) is 17.1 Å². The van der Waals surface area contributed by atoms with Gasteiger partial charge >= 0.3 is 6.09 Å². The second kappa shape index (κ2) is 10.5. The van der Waals surface area contributed by atoms with Crippen molar-refractivity contribution in [3.63, 3.8) is 0 Å². The van der Waals surface area contributed by atoms with Crippen molar-refractivity contribution in [3.8, 4) is 0 Å². The van der Waals surface area contributed by atoms with Gasteiger partial charge in [-0.05, 0) is 19.4 Å². The van der Waals surface area contributed by atoms with Gasteiger partial charge in [-0.25, -0.2) is 9.69 Å². The summed E-state index contributed by atoms with van der Waals surface area (Å²) < 4.78 is 9.96. The van der Waals surface area contributed by atoms with E-state index in [1.165, 1.54) is 6.92 Å². The van der Waals surface area contributed by atoms with Gasteiger partial charge in [0.1, 0.15) is 12.4 Å². The van der Waals surface area contributed by atoms with Crippen LogP contribution in [0.1, 0.15) is 27.2 Å². The van der Waals surface area contributed by atoms with Gasteiger partial charge in [0, 0.05) is 6.92 Å². The number of carbonyl (C=O) groups excluding carboxylic acids is 3. The highest BCUT2D eigenvalue weighted by Crippen LogP contribution is 2.06. The van der Waals surface area contributed by atoms with E-state index in [9.17, 15) is 19.5 Å². The summed E-state index contributed by atoms with van der Waals surface area (Å²) in [5.74, 6) is -1.24. The molecule has 0 fully saturated rings. The maximum absolute atomic E-state index is 12.0. The van der Waals surface area contributed by atoms with Gasteiger partial charge in [-0.1, -0.05) is 13.5 Å². The SMILES string of the molecule is C=C(OCCN(C(=O)OC(C)=CCC)C(=O)C(O)CO)C(C)=O. The molecule has 2 N–H and O–H groups in total. The topological polar surface area (TPSA) is 113 Å². The van der Waals surface area contributed by atoms with Crippen molar-refractivity contribution < 1.29 is 34.1 Å². The standard InChI is InChI=1S/C15H23NO7/c1-5-6-10(2)23-15(21)16(14(20)13(19)9-17)7-8-22-12(4)11(3)18/h6,13,17,19H,4-5,7-9H2,1-3H3. The van der Waals surface area contributed by atoms with Crippen LogP contribution in [0, 0.1) is 0 Å². The minimum absolute atomic E-state index is 0.115. The zero-order valence-electron chi connectivity index (χ0n) is 13.6. The summed E-state index contributed by atoms with van der Waals surface area (Å²) in [7, 11) is 0. The van der Waals surface area contributed by atoms with E-state index in [0.717, 1.165) is 0 Å². The van der Waals surface area contributed by atoms with E-state index in [1.54, 1.807) is 13.0 Å². The molecule has 0 aliphatic heterocycles. The highest BCUT2D eigenvalue weighted by molar-refractivity contribution is 5.94. The fourth-order valence-corrected chi connectivity index (χ4v) is 1.43. The predicted molar refractivity (Wildman–Crippen MR) is 81.1 cm³/mol. The van der Waals surface area contributed by atoms with E-state index >= 15 is 0 Å². The summed E-state index contributed by atoms with van der Waals surface area (Å²) in [4.78, 5) is 35.5. The van der Waals surface area contributed by atoms with Crippen LogP contribution in [0.3, 0.4) is 0 Å². The number of imide groups is 1. The van der Waals surface area contributed by atoms with E-state index in [4.69, 9.17) is 14.6 Å². The Morgan fingerprint density at radius 2 is 1.91 bits per heavy atom. The molecule has 0 aromatic heterocycles. The van der Waals surface area contributed by atoms with E-state index in [2.05, 4.69) is 6.58 Å². The zero-order chi connectivity index (χ0) is 18.0. The Balaban J connectivity index is 4.91. The molecule has 1 atom stereocenters. The van der Waals surface area contributed by atoms with Crippen molar-refractivity contribution in [1.29, 1.82) is 0 Å². The van der Waals surface area contributed by atoms with Crippen molar-refractivity contribution in [2.45, 2.75) is 33.3 Å². The second-order valence-electron chi connectivity index (χ2n) is 4.61. The number of carbonyl (C=O) groups is 3. The van der Waals surface area contributed by atoms with Gasteiger partial charge in [-0.3, -0.25) is 9.59 Å². The van der Waals surface area contributed by atoms with Crippen molar-refractivity contribution in [1.82, 2.24) is 4.90 Å². The molecule has 0 radical (unpaired) electrons. The van der Waals surface area contributed by atoms with E-state index in [-0.39, 0.29) is 24.7 Å². The van der Waals surface area contributed by atoms with Crippen molar-refractivity contribution >= 4 is 17.8 Å². The fraction of sp³-hybridized carbons (Fsp3) is 0.533. The number of allylic oxidation sites excluding steroid dienone is 3. The largest absolute Gasteiger partial charge is 0.489 e. The summed E-state index contributed by atoms with van der Waals surface area (Å²) >= 11 is 0. The maximum Gasteiger partial charge on any atom is 0.421 e. The van der Waals surface area contributed by atoms with Crippen LogP contribution in [0.15, 0.2) is 24.2 Å². The number of Topliss-reactive ketones (excluding diaryl/α,β-unsaturated/α-hetero) is 1. The van der Waals surface area contributed by atoms with Crippen LogP contribution in [0.4, 0.5) is 4.79 Å². The minimum Gasteiger partial charge on any atom is -0.489 e. The molecule has 8 heteroatoms. The number of ketones is 1. The number of hydrogen-bond acceptors (Lipinski definition) is 7. The third-order valence-electron chi connectivity index (χ3n) is 2.67. The molecule has 0 aliphatic rings. The summed E-state index contributed by atoms with van der Waals surface area (Å²) in [6.45, 7) is 6.70. The van der Waals surface area contributed by atoms with Crippen LogP contribution in [0.25, 0.3) is 0 Å². The van der Waals surface area contributed by atoms with Crippen LogP contribution in [0.2, 0.25) is 0 Å². The minimum atomic E-state index is -1.76. The van der Waals surface area contributed by atoms with Gasteiger partial charge in [-0.15, -0.1) is 0 Å². The number of hydrogen-bond donors (Lipinski definition) is 2. The number of aliphatic hydroxyl groups excluding tert-OH is 2. The number of nitrogens with zero attached hydrogens (tertiary/aromatic N) is 1. The first-order chi connectivity index (χ1) is 10.7. The van der Waals surface area contributed by atoms with Crippen LogP contribution >= 0.6 is 0 Å². The molecule has 23 heavy (non-hydrogen) atoms. The molecular formula is C15H23NO7. The second-order valence-corrected chi connectivity index (χ2v) is 4.61. The summed E-state index contributed by atoms with van der Waals surface area (Å²) in [5, 5.41) is 18.2. The van der Waals surface area contributed by atoms with Crippen LogP contribution < -0.4 is 0 Å². The zero-order valence-corrected chi connectivity index (χ0v) is 13.6. The Labute approximate surface area is 135 Å². The average Bonchev–Trinajstić information content (AvgIpc) is 2.49. The lowest BCUT2D eigenvalue weighted by Crippen LogP contribution is -2.46. The summed E-state index contributed by atoms with van der Waals surface area (Å²) in [6.07, 6.45) is -0.499. The fourth-order valence-electron chi connectivity index (χ4n) is 1.43. The van der Waals surface area contributed by atoms with E-state index < -0.39 is 24.7 Å². The van der Waals surface area contributed by atoms with Crippen LogP contribution in [-0.4, -0.2) is 58.8 Å². The first kappa shape index (κ1) is 20.8. The molecule has 2 amide bonds. The first-order valence-corrected chi connectivity index (χ1v) is 7.06. The molecular weight excluding hydrogens is 306 g/mol. The molecule has 0 saturated carbocycles. The van der Waals surface area contributed by atoms with Gasteiger partial charge < -0.3 is 19.7 Å². The summed E-state index contributed by atoms with van der Waals surface area (Å²) in [6, 6.07) is 0. The molecule has 8 nitrogen and oxygen atoms in total. The predicted octanol–water partition coefficient (Wildman–Crippen LogP) is 0.738. The number of ether oxygens (including phenoxy) is 2. The van der Waals surface area contributed by atoms with Crippen molar-refractivity contribution in [2.24, 2.45) is 0 Å². The molecule has 0 heterocycles. The maximum atomic E-state index is 12.0. The van der Waals surface area contributed by atoms with Crippen molar-refractivity contribution in [2.75, 3.05) is 19.8 Å². The third-order valence-corrected chi connectivity index (χ3v) is 2.67. The molecule has 0 spiro atoms. The highest BCUT2D eigenvalue weighted by Gasteiger charge is 2.28. The molecule has 0 aromatic rings. The van der Waals surface area contributed by atoms with Gasteiger partial charge in [0.25, 0.3) is 5.91 Å². The third kappa shape index (κ3) is 7.57. The van der Waals surface area contributed by atoms with Crippen LogP contribution in [0.5, 0.6) is 0 Å². The first-order valence-electron chi connectivity index (χ1n) is 7.06. The smallest absolute Gasteiger partial charge is 0.421 e. The van der Waals surface area contributed by atoms with Gasteiger partial charge in [0.2, 0.25) is 0 Å². The highest BCUT2D eigenvalue weighted by atomic mass is 16.6. The van der Waals surface area contributed by atoms with Gasteiger partial charge in [-0.2, -0.15) is 0 Å². The van der Waals surface area contributed by atoms with Crippen LogP contribution in [-0.2, 0) is 19.1 Å². The normalized spacial score (nSPS) is 12.3. The molecule has 0 bridgehead atoms. The Kier molecular flexibility index (Phi) is 9.52. The summed E-state index contributed by atoms with van der Waals surface area (Å²) in [5.41, 5.74) is 0. The lowest BCUT2D eigenvalue weighted by molar-refractivity contribution is -0.140. The Hall–Kier alpha value is -2.19. The quantitative estimate of drug-likeness (QED) is 0.474. The number of amides is 2. The van der Waals surface area contributed by atoms with Crippen molar-refractivity contribution in [3.05, 3.63) is 24.2 Å². The molecule has 0 rings (SSSR count). The Bertz CT molecular complexity index is 484. The molecule has 0 saturated heterocycles. The number of rotatable bonds is 9. The molecule has 1 unspecified atom stereocenters. The number of aliphatic hydroxyl groups is 2. The Morgan fingerprint density at radius 3 is 2.39 bits per heavy atom. The van der Waals surface area contributed by atoms with E-state index in [1.807, 2.05) is 6.92 Å². The average molecular weight is 329 g/mol.